The third-order valence-corrected chi connectivity index (χ3v) is 5.79. The first-order valence-electron chi connectivity index (χ1n) is 11.4. The molecule has 0 aliphatic carbocycles. The lowest BCUT2D eigenvalue weighted by Crippen LogP contribution is -2.20. The highest BCUT2D eigenvalue weighted by Gasteiger charge is 2.33. The summed E-state index contributed by atoms with van der Waals surface area (Å²) in [5, 5.41) is 8.07. The van der Waals surface area contributed by atoms with Gasteiger partial charge in [0.05, 0.1) is 5.56 Å². The maximum atomic E-state index is 13.8. The number of anilines is 3. The summed E-state index contributed by atoms with van der Waals surface area (Å²) in [6, 6.07) is 13.2. The molecule has 2 aromatic carbocycles. The fourth-order valence-electron chi connectivity index (χ4n) is 4.00. The molecule has 5 aromatic rings. The molecule has 0 aliphatic heterocycles. The highest BCUT2D eigenvalue weighted by Crippen LogP contribution is 2.35. The highest BCUT2D eigenvalue weighted by molar-refractivity contribution is 5.99. The second kappa shape index (κ2) is 10.2. The van der Waals surface area contributed by atoms with Crippen molar-refractivity contribution in [3.05, 3.63) is 96.3 Å². The van der Waals surface area contributed by atoms with Crippen molar-refractivity contribution in [1.29, 1.82) is 0 Å². The average molecular weight is 519 g/mol. The smallest absolute Gasteiger partial charge is 0.371 e. The van der Waals surface area contributed by atoms with Gasteiger partial charge in [0.25, 0.3) is 0 Å². The summed E-state index contributed by atoms with van der Waals surface area (Å²) in [5.74, 6) is 0.600. The van der Waals surface area contributed by atoms with E-state index in [0.717, 1.165) is 11.8 Å². The second-order valence-corrected chi connectivity index (χ2v) is 8.29. The van der Waals surface area contributed by atoms with Gasteiger partial charge in [0.15, 0.2) is 17.0 Å². The topological polar surface area (TPSA) is 110 Å². The Labute approximate surface area is 214 Å². The first-order valence-corrected chi connectivity index (χ1v) is 11.4. The van der Waals surface area contributed by atoms with Gasteiger partial charge in [-0.3, -0.25) is 9.55 Å². The number of imidazole rings is 1. The van der Waals surface area contributed by atoms with Gasteiger partial charge >= 0.3 is 12.2 Å². The highest BCUT2D eigenvalue weighted by atomic mass is 19.4. The van der Waals surface area contributed by atoms with Gasteiger partial charge in [-0.2, -0.15) is 13.2 Å². The zero-order valence-electron chi connectivity index (χ0n) is 20.0. The van der Waals surface area contributed by atoms with Crippen LogP contribution in [0.4, 0.5) is 35.2 Å². The van der Waals surface area contributed by atoms with Crippen molar-refractivity contribution in [2.45, 2.75) is 12.6 Å². The Balaban J connectivity index is 1.29. The molecule has 0 spiro atoms. The van der Waals surface area contributed by atoms with Crippen molar-refractivity contribution < 1.29 is 18.0 Å². The molecule has 0 atom stereocenters. The Morgan fingerprint density at radius 2 is 1.63 bits per heavy atom. The fraction of sp³-hybridized carbons (Fsp3) is 0.115. The van der Waals surface area contributed by atoms with Crippen molar-refractivity contribution in [3.63, 3.8) is 0 Å². The molecule has 9 nitrogen and oxygen atoms in total. The third-order valence-electron chi connectivity index (χ3n) is 5.79. The molecule has 0 aliphatic rings. The maximum absolute atomic E-state index is 13.8. The zero-order chi connectivity index (χ0) is 26.7. The molecule has 5 rings (SSSR count). The normalized spacial score (nSPS) is 11.4. The molecule has 12 heteroatoms. The second-order valence-electron chi connectivity index (χ2n) is 8.29. The Bertz CT molecular complexity index is 1580. The van der Waals surface area contributed by atoms with E-state index in [0.29, 0.717) is 28.2 Å². The maximum Gasteiger partial charge on any atom is 0.416 e. The van der Waals surface area contributed by atoms with Gasteiger partial charge in [0.2, 0.25) is 0 Å². The summed E-state index contributed by atoms with van der Waals surface area (Å²) in [4.78, 5) is 29.2. The quantitative estimate of drug-likeness (QED) is 0.274. The van der Waals surface area contributed by atoms with Crippen LogP contribution in [0, 0.1) is 0 Å². The number of alkyl halides is 3. The predicted octanol–water partition coefficient (Wildman–Crippen LogP) is 5.51. The SMILES string of the molecule is CNc1ncnc2c1ncn2-c1ccc(NC(=O)Nc2ccc(Cc3ccncc3)c(C(F)(F)F)c2)cc1. The van der Waals surface area contributed by atoms with Crippen LogP contribution in [-0.2, 0) is 12.6 Å². The number of carbonyl (C=O) groups excluding carboxylic acids is 1. The van der Waals surface area contributed by atoms with Gasteiger partial charge in [-0.05, 0) is 66.1 Å². The molecule has 0 fully saturated rings. The van der Waals surface area contributed by atoms with E-state index in [9.17, 15) is 18.0 Å². The third kappa shape index (κ3) is 5.24. The lowest BCUT2D eigenvalue weighted by Gasteiger charge is -2.15. The van der Waals surface area contributed by atoms with Crippen LogP contribution >= 0.6 is 0 Å². The number of pyridine rings is 1. The van der Waals surface area contributed by atoms with Crippen LogP contribution in [0.25, 0.3) is 16.9 Å². The van der Waals surface area contributed by atoms with Crippen LogP contribution in [0.2, 0.25) is 0 Å². The van der Waals surface area contributed by atoms with Crippen molar-refractivity contribution >= 4 is 34.4 Å². The van der Waals surface area contributed by atoms with E-state index in [1.807, 2.05) is 0 Å². The van der Waals surface area contributed by atoms with Crippen molar-refractivity contribution in [2.75, 3.05) is 23.0 Å². The molecule has 0 bridgehead atoms. The summed E-state index contributed by atoms with van der Waals surface area (Å²) in [6.07, 6.45) is 1.62. The van der Waals surface area contributed by atoms with Crippen LogP contribution in [-0.4, -0.2) is 37.6 Å². The fourth-order valence-corrected chi connectivity index (χ4v) is 4.00. The zero-order valence-corrected chi connectivity index (χ0v) is 20.0. The number of rotatable bonds is 6. The van der Waals surface area contributed by atoms with Gasteiger partial charge in [-0.25, -0.2) is 19.7 Å². The molecule has 3 N–H and O–H groups in total. The number of benzene rings is 2. The van der Waals surface area contributed by atoms with Crippen LogP contribution < -0.4 is 16.0 Å². The number of hydrogen-bond acceptors (Lipinski definition) is 6. The van der Waals surface area contributed by atoms with Crippen LogP contribution in [0.1, 0.15) is 16.7 Å². The number of urea groups is 1. The summed E-state index contributed by atoms with van der Waals surface area (Å²) >= 11 is 0. The van der Waals surface area contributed by atoms with Crippen LogP contribution in [0.15, 0.2) is 79.6 Å². The largest absolute Gasteiger partial charge is 0.416 e. The Morgan fingerprint density at radius 1 is 0.921 bits per heavy atom. The van der Waals surface area contributed by atoms with Gasteiger partial charge in [0, 0.05) is 36.5 Å². The molecule has 0 unspecified atom stereocenters. The van der Waals surface area contributed by atoms with E-state index in [-0.39, 0.29) is 17.7 Å². The lowest BCUT2D eigenvalue weighted by molar-refractivity contribution is -0.138. The molecule has 0 saturated carbocycles. The minimum atomic E-state index is -4.58. The van der Waals surface area contributed by atoms with E-state index in [1.165, 1.54) is 30.9 Å². The number of carbonyl (C=O) groups is 1. The number of fused-ring (bicyclic) bond motifs is 1. The summed E-state index contributed by atoms with van der Waals surface area (Å²) in [5.41, 5.74) is 2.43. The van der Waals surface area contributed by atoms with Gasteiger partial charge in [-0.15, -0.1) is 0 Å². The predicted molar refractivity (Wildman–Crippen MR) is 137 cm³/mol. The van der Waals surface area contributed by atoms with Crippen molar-refractivity contribution in [3.8, 4) is 5.69 Å². The number of nitrogens with one attached hydrogen (secondary N) is 3. The number of nitrogens with zero attached hydrogens (tertiary/aromatic N) is 5. The van der Waals surface area contributed by atoms with Crippen molar-refractivity contribution in [2.24, 2.45) is 0 Å². The number of aromatic nitrogens is 5. The van der Waals surface area contributed by atoms with E-state index in [1.54, 1.807) is 54.3 Å². The molecule has 38 heavy (non-hydrogen) atoms. The number of amides is 2. The summed E-state index contributed by atoms with van der Waals surface area (Å²) in [6.45, 7) is 0. The molecule has 192 valence electrons. The molecule has 3 heterocycles. The molecule has 0 radical (unpaired) electrons. The van der Waals surface area contributed by atoms with E-state index in [4.69, 9.17) is 0 Å². The van der Waals surface area contributed by atoms with Crippen LogP contribution in [0.3, 0.4) is 0 Å². The molecule has 3 aromatic heterocycles. The molecular weight excluding hydrogens is 497 g/mol. The molecule has 0 saturated heterocycles. The molecular formula is C26H21F3N8O. The Hall–Kier alpha value is -5.00. The average Bonchev–Trinajstić information content (AvgIpc) is 3.34. The number of halogens is 3. The monoisotopic (exact) mass is 518 g/mol. The van der Waals surface area contributed by atoms with E-state index < -0.39 is 17.8 Å². The van der Waals surface area contributed by atoms with Gasteiger partial charge in [0.1, 0.15) is 12.7 Å². The molecule has 2 amide bonds. The minimum absolute atomic E-state index is 0.0230. The van der Waals surface area contributed by atoms with Crippen molar-refractivity contribution in [1.82, 2.24) is 24.5 Å². The van der Waals surface area contributed by atoms with Gasteiger partial charge in [-0.1, -0.05) is 6.07 Å². The van der Waals surface area contributed by atoms with E-state index >= 15 is 0 Å². The van der Waals surface area contributed by atoms with Gasteiger partial charge < -0.3 is 16.0 Å². The standard InChI is InChI=1S/C26H21F3N8O/c1-30-23-22-24(33-14-32-23)37(15-34-22)20-6-4-18(5-7-20)35-25(38)36-19-3-2-17(21(13-19)26(27,28)29)12-16-8-10-31-11-9-16/h2-11,13-15H,12H2,1H3,(H,30,32,33)(H2,35,36,38). The first kappa shape index (κ1) is 24.7. The summed E-state index contributed by atoms with van der Waals surface area (Å²) < 4.78 is 43.0. The number of hydrogen-bond donors (Lipinski definition) is 3. The van der Waals surface area contributed by atoms with Crippen LogP contribution in [0.5, 0.6) is 0 Å². The van der Waals surface area contributed by atoms with E-state index in [2.05, 4.69) is 35.9 Å². The first-order chi connectivity index (χ1) is 18.3. The summed E-state index contributed by atoms with van der Waals surface area (Å²) in [7, 11) is 1.74. The lowest BCUT2D eigenvalue weighted by atomic mass is 9.99. The Morgan fingerprint density at radius 3 is 2.34 bits per heavy atom. The Kier molecular flexibility index (Phi) is 6.60. The minimum Gasteiger partial charge on any atom is -0.371 e.